The van der Waals surface area contributed by atoms with Gasteiger partial charge in [0.25, 0.3) is 10.1 Å². The summed E-state index contributed by atoms with van der Waals surface area (Å²) in [5.74, 6) is -0.282. The van der Waals surface area contributed by atoms with E-state index in [1.54, 1.807) is 11.9 Å². The molecule has 2 rings (SSSR count). The van der Waals surface area contributed by atoms with Crippen molar-refractivity contribution in [2.75, 3.05) is 24.2 Å². The van der Waals surface area contributed by atoms with Gasteiger partial charge in [0.05, 0.1) is 5.75 Å². The monoisotopic (exact) mass is 347 g/mol. The lowest BCUT2D eigenvalue weighted by atomic mass is 10.1. The smallest absolute Gasteiger partial charge is 0.266 e. The number of pyridine rings is 1. The van der Waals surface area contributed by atoms with Crippen LogP contribution in [0.4, 0.5) is 5.69 Å². The molecule has 0 bridgehead atoms. The summed E-state index contributed by atoms with van der Waals surface area (Å²) in [4.78, 5) is 1.80. The van der Waals surface area contributed by atoms with Crippen LogP contribution in [0, 0.1) is 0 Å². The normalized spacial score (nSPS) is 11.8. The van der Waals surface area contributed by atoms with Crippen molar-refractivity contribution in [2.45, 2.75) is 13.5 Å². The highest BCUT2D eigenvalue weighted by molar-refractivity contribution is 7.85. The van der Waals surface area contributed by atoms with Crippen molar-refractivity contribution in [1.29, 1.82) is 0 Å². The molecule has 0 atom stereocenters. The number of hydrogen-bond donors (Lipinski definition) is 1. The Labute approximate surface area is 143 Å². The van der Waals surface area contributed by atoms with Crippen molar-refractivity contribution < 1.29 is 17.5 Å². The first kappa shape index (κ1) is 18.2. The number of rotatable bonds is 7. The van der Waals surface area contributed by atoms with Crippen LogP contribution in [0.2, 0.25) is 0 Å². The van der Waals surface area contributed by atoms with Crippen molar-refractivity contribution in [3.8, 4) is 0 Å². The number of nitrogens with zero attached hydrogens (tertiary/aromatic N) is 2. The zero-order valence-corrected chi connectivity index (χ0v) is 14.8. The maximum Gasteiger partial charge on any atom is 0.266 e. The Morgan fingerprint density at radius 2 is 1.83 bits per heavy atom. The summed E-state index contributed by atoms with van der Waals surface area (Å²) in [5.41, 5.74) is 3.10. The van der Waals surface area contributed by atoms with Crippen LogP contribution < -0.4 is 9.47 Å². The first-order valence-electron chi connectivity index (χ1n) is 7.82. The summed E-state index contributed by atoms with van der Waals surface area (Å²) in [5, 5.41) is 0. The van der Waals surface area contributed by atoms with E-state index >= 15 is 0 Å². The molecular weight excluding hydrogens is 324 g/mol. The summed E-state index contributed by atoms with van der Waals surface area (Å²) >= 11 is 0. The average Bonchev–Trinajstić information content (AvgIpc) is 2.58. The lowest BCUT2D eigenvalue weighted by Crippen LogP contribution is -2.34. The summed E-state index contributed by atoms with van der Waals surface area (Å²) < 4.78 is 32.6. The number of anilines is 1. The molecule has 0 spiro atoms. The summed E-state index contributed by atoms with van der Waals surface area (Å²) in [6, 6.07) is 13.9. The van der Waals surface area contributed by atoms with Gasteiger partial charge in [0, 0.05) is 37.5 Å². The van der Waals surface area contributed by atoms with Crippen molar-refractivity contribution in [1.82, 2.24) is 0 Å². The Morgan fingerprint density at radius 3 is 2.46 bits per heavy atom. The van der Waals surface area contributed by atoms with Gasteiger partial charge in [0.2, 0.25) is 5.69 Å². The minimum absolute atomic E-state index is 0.245. The second kappa shape index (κ2) is 8.08. The first-order chi connectivity index (χ1) is 11.4. The molecule has 1 heterocycles. The van der Waals surface area contributed by atoms with Crippen molar-refractivity contribution >= 4 is 28.0 Å². The van der Waals surface area contributed by atoms with Crippen LogP contribution in [0.25, 0.3) is 12.2 Å². The largest absolute Gasteiger partial charge is 0.373 e. The minimum Gasteiger partial charge on any atom is -0.373 e. The van der Waals surface area contributed by atoms with Crippen LogP contribution in [-0.4, -0.2) is 32.3 Å². The van der Waals surface area contributed by atoms with E-state index in [0.717, 1.165) is 23.5 Å². The van der Waals surface area contributed by atoms with Gasteiger partial charge in [-0.25, -0.2) is 0 Å². The Kier molecular flexibility index (Phi) is 6.11. The Bertz CT molecular complexity index is 799. The third-order valence-corrected chi connectivity index (χ3v) is 4.48. The van der Waals surface area contributed by atoms with Gasteiger partial charge in [-0.15, -0.1) is 0 Å². The van der Waals surface area contributed by atoms with E-state index in [1.165, 1.54) is 0 Å². The molecule has 1 N–H and O–H groups in total. The molecular formula is C18H23N2O3S+. The second-order valence-corrected chi connectivity index (χ2v) is 7.12. The molecule has 2 aromatic rings. The summed E-state index contributed by atoms with van der Waals surface area (Å²) in [7, 11) is -2.14. The molecule has 128 valence electrons. The van der Waals surface area contributed by atoms with E-state index in [4.69, 9.17) is 4.55 Å². The quantitative estimate of drug-likeness (QED) is 0.617. The van der Waals surface area contributed by atoms with Gasteiger partial charge in [-0.1, -0.05) is 12.1 Å². The SMILES string of the molecule is CC[n+]1ccccc1/C=C/c1ccc(N(C)CCS(=O)(=O)O)cc1. The van der Waals surface area contributed by atoms with E-state index in [-0.39, 0.29) is 12.3 Å². The number of aryl methyl sites for hydroxylation is 1. The van der Waals surface area contributed by atoms with E-state index in [1.807, 2.05) is 48.7 Å². The fourth-order valence-electron chi connectivity index (χ4n) is 2.33. The maximum atomic E-state index is 10.8. The van der Waals surface area contributed by atoms with Gasteiger partial charge in [-0.05, 0) is 36.8 Å². The standard InChI is InChI=1S/C18H22N2O3S/c1-3-20-13-5-4-6-18(20)12-9-16-7-10-17(11-8-16)19(2)14-15-24(21,22)23/h4-13H,3,14-15H2,1-2H3/p+1. The van der Waals surface area contributed by atoms with Gasteiger partial charge < -0.3 is 4.90 Å². The van der Waals surface area contributed by atoms with Crippen molar-refractivity contribution in [3.05, 3.63) is 59.9 Å². The predicted molar refractivity (Wildman–Crippen MR) is 97.4 cm³/mol. The lowest BCUT2D eigenvalue weighted by molar-refractivity contribution is -0.695. The Hall–Kier alpha value is -2.18. The van der Waals surface area contributed by atoms with Crippen LogP contribution in [0.15, 0.2) is 48.7 Å². The molecule has 5 nitrogen and oxygen atoms in total. The molecule has 1 aromatic heterocycles. The highest BCUT2D eigenvalue weighted by atomic mass is 32.2. The van der Waals surface area contributed by atoms with Crippen LogP contribution in [0.3, 0.4) is 0 Å². The van der Waals surface area contributed by atoms with E-state index in [0.29, 0.717) is 0 Å². The maximum absolute atomic E-state index is 10.8. The molecule has 0 aliphatic heterocycles. The Morgan fingerprint density at radius 1 is 1.12 bits per heavy atom. The Balaban J connectivity index is 2.05. The third kappa shape index (κ3) is 5.47. The fraction of sp³-hybridized carbons (Fsp3) is 0.278. The van der Waals surface area contributed by atoms with Gasteiger partial charge in [0.15, 0.2) is 6.20 Å². The van der Waals surface area contributed by atoms with Gasteiger partial charge in [0.1, 0.15) is 6.54 Å². The highest BCUT2D eigenvalue weighted by Crippen LogP contribution is 2.15. The van der Waals surface area contributed by atoms with E-state index in [9.17, 15) is 8.42 Å². The molecule has 1 aromatic carbocycles. The van der Waals surface area contributed by atoms with E-state index < -0.39 is 10.1 Å². The van der Waals surface area contributed by atoms with Crippen molar-refractivity contribution in [2.24, 2.45) is 0 Å². The van der Waals surface area contributed by atoms with Crippen LogP contribution in [0.1, 0.15) is 18.2 Å². The third-order valence-electron chi connectivity index (χ3n) is 3.78. The van der Waals surface area contributed by atoms with Gasteiger partial charge in [-0.3, -0.25) is 4.55 Å². The summed E-state index contributed by atoms with van der Waals surface area (Å²) in [6.07, 6.45) is 6.16. The molecule has 0 aliphatic rings. The van der Waals surface area contributed by atoms with Gasteiger partial charge >= 0.3 is 0 Å². The number of benzene rings is 1. The molecule has 0 saturated carbocycles. The van der Waals surface area contributed by atoms with E-state index in [2.05, 4.69) is 23.6 Å². The molecule has 0 unspecified atom stereocenters. The van der Waals surface area contributed by atoms with Gasteiger partial charge in [-0.2, -0.15) is 13.0 Å². The average molecular weight is 347 g/mol. The number of hydrogen-bond acceptors (Lipinski definition) is 3. The highest BCUT2D eigenvalue weighted by Gasteiger charge is 2.08. The molecule has 0 fully saturated rings. The van der Waals surface area contributed by atoms with Crippen LogP contribution >= 0.6 is 0 Å². The lowest BCUT2D eigenvalue weighted by Gasteiger charge is -2.18. The minimum atomic E-state index is -3.94. The molecule has 0 saturated heterocycles. The summed E-state index contributed by atoms with van der Waals surface area (Å²) in [6.45, 7) is 3.26. The molecule has 6 heteroatoms. The van der Waals surface area contributed by atoms with Crippen LogP contribution in [0.5, 0.6) is 0 Å². The molecule has 24 heavy (non-hydrogen) atoms. The van der Waals surface area contributed by atoms with Crippen LogP contribution in [-0.2, 0) is 16.7 Å². The zero-order valence-electron chi connectivity index (χ0n) is 14.0. The molecule has 0 radical (unpaired) electrons. The predicted octanol–water partition coefficient (Wildman–Crippen LogP) is 2.49. The van der Waals surface area contributed by atoms with Crippen molar-refractivity contribution in [3.63, 3.8) is 0 Å². The number of aromatic nitrogens is 1. The topological polar surface area (TPSA) is 61.5 Å². The molecule has 0 aliphatic carbocycles. The second-order valence-electron chi connectivity index (χ2n) is 5.54. The molecule has 0 amide bonds. The first-order valence-corrected chi connectivity index (χ1v) is 9.43. The zero-order chi connectivity index (χ0) is 17.6. The fourth-order valence-corrected chi connectivity index (χ4v) is 2.84.